The van der Waals surface area contributed by atoms with Crippen LogP contribution < -0.4 is 5.32 Å². The highest BCUT2D eigenvalue weighted by Gasteiger charge is 2.39. The van der Waals surface area contributed by atoms with Crippen LogP contribution in [0.25, 0.3) is 0 Å². The number of rotatable bonds is 6. The normalized spacial score (nSPS) is 17.1. The summed E-state index contributed by atoms with van der Waals surface area (Å²) in [7, 11) is 0. The van der Waals surface area contributed by atoms with E-state index in [2.05, 4.69) is 10.3 Å². The Labute approximate surface area is 124 Å². The highest BCUT2D eigenvalue weighted by atomic mass is 16.4. The van der Waals surface area contributed by atoms with Crippen LogP contribution in [0, 0.1) is 5.41 Å². The van der Waals surface area contributed by atoms with Gasteiger partial charge in [0.05, 0.1) is 5.41 Å². The molecule has 0 aromatic carbocycles. The molecule has 0 spiro atoms. The predicted octanol–water partition coefficient (Wildman–Crippen LogP) is 2.17. The van der Waals surface area contributed by atoms with Gasteiger partial charge < -0.3 is 10.4 Å². The molecular weight excluding hydrogens is 268 g/mol. The summed E-state index contributed by atoms with van der Waals surface area (Å²) < 4.78 is 0. The highest BCUT2D eigenvalue weighted by Crippen LogP contribution is 2.36. The lowest BCUT2D eigenvalue weighted by molar-refractivity contribution is -0.151. The Kier molecular flexibility index (Phi) is 5.31. The van der Waals surface area contributed by atoms with Crippen molar-refractivity contribution in [3.05, 3.63) is 30.1 Å². The Morgan fingerprint density at radius 1 is 1.19 bits per heavy atom. The molecule has 0 atom stereocenters. The number of pyridine rings is 1. The predicted molar refractivity (Wildman–Crippen MR) is 78.7 cm³/mol. The van der Waals surface area contributed by atoms with Crippen LogP contribution in [0.2, 0.25) is 0 Å². The Morgan fingerprint density at radius 3 is 2.48 bits per heavy atom. The number of nitrogens with zero attached hydrogens (tertiary/aromatic N) is 1. The SMILES string of the molecule is O=C(CCc1ccncc1)NCC1(C(=O)O)CCCCC1. The van der Waals surface area contributed by atoms with Gasteiger partial charge in [-0.3, -0.25) is 14.6 Å². The monoisotopic (exact) mass is 290 g/mol. The van der Waals surface area contributed by atoms with Crippen molar-refractivity contribution in [2.45, 2.75) is 44.9 Å². The summed E-state index contributed by atoms with van der Waals surface area (Å²) in [5.74, 6) is -0.866. The van der Waals surface area contributed by atoms with Gasteiger partial charge >= 0.3 is 5.97 Å². The number of hydrogen-bond acceptors (Lipinski definition) is 3. The maximum Gasteiger partial charge on any atom is 0.311 e. The van der Waals surface area contributed by atoms with Crippen molar-refractivity contribution >= 4 is 11.9 Å². The fraction of sp³-hybridized carbons (Fsp3) is 0.562. The molecule has 5 nitrogen and oxygen atoms in total. The van der Waals surface area contributed by atoms with Crippen LogP contribution in [-0.2, 0) is 16.0 Å². The van der Waals surface area contributed by atoms with Crippen LogP contribution in [0.3, 0.4) is 0 Å². The topological polar surface area (TPSA) is 79.3 Å². The summed E-state index contributed by atoms with van der Waals surface area (Å²) in [6.07, 6.45) is 8.70. The van der Waals surface area contributed by atoms with Crippen molar-refractivity contribution in [2.75, 3.05) is 6.54 Å². The van der Waals surface area contributed by atoms with Crippen LogP contribution in [0.4, 0.5) is 0 Å². The minimum atomic E-state index is -0.781. The van der Waals surface area contributed by atoms with E-state index in [1.165, 1.54) is 0 Å². The number of carboxylic acids is 1. The molecule has 1 saturated carbocycles. The number of carboxylic acid groups (broad SMARTS) is 1. The Balaban J connectivity index is 1.80. The third-order valence-electron chi connectivity index (χ3n) is 4.28. The first kappa shape index (κ1) is 15.5. The molecule has 5 heteroatoms. The minimum absolute atomic E-state index is 0.0852. The van der Waals surface area contributed by atoms with E-state index in [4.69, 9.17) is 0 Å². The smallest absolute Gasteiger partial charge is 0.311 e. The van der Waals surface area contributed by atoms with Crippen molar-refractivity contribution in [1.82, 2.24) is 10.3 Å². The van der Waals surface area contributed by atoms with Gasteiger partial charge in [-0.05, 0) is 37.0 Å². The van der Waals surface area contributed by atoms with E-state index in [1.807, 2.05) is 12.1 Å². The first-order valence-corrected chi connectivity index (χ1v) is 7.51. The number of nitrogens with one attached hydrogen (secondary N) is 1. The number of aliphatic carboxylic acids is 1. The summed E-state index contributed by atoms with van der Waals surface area (Å²) in [6, 6.07) is 3.76. The van der Waals surface area contributed by atoms with Gasteiger partial charge in [-0.15, -0.1) is 0 Å². The molecule has 0 bridgehead atoms. The van der Waals surface area contributed by atoms with E-state index < -0.39 is 11.4 Å². The number of amides is 1. The molecule has 1 aromatic rings. The lowest BCUT2D eigenvalue weighted by atomic mass is 9.74. The van der Waals surface area contributed by atoms with Gasteiger partial charge in [-0.1, -0.05) is 19.3 Å². The van der Waals surface area contributed by atoms with E-state index in [0.29, 0.717) is 25.7 Å². The van der Waals surface area contributed by atoms with Gasteiger partial charge in [-0.25, -0.2) is 0 Å². The second-order valence-electron chi connectivity index (χ2n) is 5.78. The van der Waals surface area contributed by atoms with Crippen LogP contribution >= 0.6 is 0 Å². The quantitative estimate of drug-likeness (QED) is 0.841. The van der Waals surface area contributed by atoms with Gasteiger partial charge in [0.15, 0.2) is 0 Å². The summed E-state index contributed by atoms with van der Waals surface area (Å²) in [4.78, 5) is 27.3. The lowest BCUT2D eigenvalue weighted by Crippen LogP contribution is -2.44. The number of carbonyl (C=O) groups excluding carboxylic acids is 1. The van der Waals surface area contributed by atoms with Gasteiger partial charge in [-0.2, -0.15) is 0 Å². The van der Waals surface area contributed by atoms with Crippen LogP contribution in [-0.4, -0.2) is 28.5 Å². The maximum atomic E-state index is 11.9. The molecule has 0 unspecified atom stereocenters. The first-order valence-electron chi connectivity index (χ1n) is 7.51. The van der Waals surface area contributed by atoms with Crippen molar-refractivity contribution < 1.29 is 14.7 Å². The van der Waals surface area contributed by atoms with Crippen molar-refractivity contribution in [2.24, 2.45) is 5.41 Å². The molecule has 21 heavy (non-hydrogen) atoms. The lowest BCUT2D eigenvalue weighted by Gasteiger charge is -2.33. The third kappa shape index (κ3) is 4.28. The molecule has 1 aliphatic carbocycles. The average Bonchev–Trinajstić information content (AvgIpc) is 2.52. The fourth-order valence-electron chi connectivity index (χ4n) is 2.86. The number of aromatic nitrogens is 1. The molecule has 0 aliphatic heterocycles. The van der Waals surface area contributed by atoms with E-state index >= 15 is 0 Å². The Morgan fingerprint density at radius 2 is 1.86 bits per heavy atom. The largest absolute Gasteiger partial charge is 0.481 e. The average molecular weight is 290 g/mol. The summed E-state index contributed by atoms with van der Waals surface area (Å²) in [5, 5.41) is 12.3. The molecule has 2 N–H and O–H groups in total. The van der Waals surface area contributed by atoms with Crippen molar-refractivity contribution in [3.63, 3.8) is 0 Å². The maximum absolute atomic E-state index is 11.9. The molecular formula is C16H22N2O3. The second-order valence-corrected chi connectivity index (χ2v) is 5.78. The van der Waals surface area contributed by atoms with E-state index in [0.717, 1.165) is 24.8 Å². The van der Waals surface area contributed by atoms with Gasteiger partial charge in [0.25, 0.3) is 0 Å². The number of carbonyl (C=O) groups is 2. The molecule has 2 rings (SSSR count). The standard InChI is InChI=1S/C16H22N2O3/c19-14(5-4-13-6-10-17-11-7-13)18-12-16(15(20)21)8-2-1-3-9-16/h6-7,10-11H,1-5,8-9,12H2,(H,18,19)(H,20,21). The van der Waals surface area contributed by atoms with E-state index in [9.17, 15) is 14.7 Å². The summed E-state index contributed by atoms with van der Waals surface area (Å²) >= 11 is 0. The van der Waals surface area contributed by atoms with Gasteiger partial charge in [0.2, 0.25) is 5.91 Å². The molecule has 0 radical (unpaired) electrons. The van der Waals surface area contributed by atoms with E-state index in [-0.39, 0.29) is 12.5 Å². The zero-order valence-electron chi connectivity index (χ0n) is 12.2. The molecule has 114 valence electrons. The zero-order chi connectivity index (χ0) is 15.1. The Hall–Kier alpha value is -1.91. The first-order chi connectivity index (χ1) is 10.1. The molecule has 1 aromatic heterocycles. The molecule has 1 heterocycles. The van der Waals surface area contributed by atoms with E-state index in [1.54, 1.807) is 12.4 Å². The fourth-order valence-corrected chi connectivity index (χ4v) is 2.86. The second kappa shape index (κ2) is 7.20. The molecule has 1 amide bonds. The summed E-state index contributed by atoms with van der Waals surface area (Å²) in [6.45, 7) is 0.248. The van der Waals surface area contributed by atoms with Crippen LogP contribution in [0.15, 0.2) is 24.5 Å². The number of aryl methyl sites for hydroxylation is 1. The highest BCUT2D eigenvalue weighted by molar-refractivity contribution is 5.79. The van der Waals surface area contributed by atoms with Crippen molar-refractivity contribution in [3.8, 4) is 0 Å². The molecule has 1 aliphatic rings. The van der Waals surface area contributed by atoms with Crippen LogP contribution in [0.5, 0.6) is 0 Å². The molecule has 1 fully saturated rings. The zero-order valence-corrected chi connectivity index (χ0v) is 12.2. The van der Waals surface area contributed by atoms with Gasteiger partial charge in [0.1, 0.15) is 0 Å². The number of hydrogen-bond donors (Lipinski definition) is 2. The van der Waals surface area contributed by atoms with Gasteiger partial charge in [0, 0.05) is 25.4 Å². The third-order valence-corrected chi connectivity index (χ3v) is 4.28. The minimum Gasteiger partial charge on any atom is -0.481 e. The Bertz CT molecular complexity index is 482. The summed E-state index contributed by atoms with van der Waals surface area (Å²) in [5.41, 5.74) is 0.302. The van der Waals surface area contributed by atoms with Crippen LogP contribution in [0.1, 0.15) is 44.1 Å². The van der Waals surface area contributed by atoms with Crippen molar-refractivity contribution in [1.29, 1.82) is 0 Å². The molecule has 0 saturated heterocycles.